The Kier molecular flexibility index (Phi) is 4.56. The predicted octanol–water partition coefficient (Wildman–Crippen LogP) is 3.54. The Morgan fingerprint density at radius 2 is 1.54 bits per heavy atom. The molecule has 1 saturated heterocycles. The van der Waals surface area contributed by atoms with Gasteiger partial charge in [0.15, 0.2) is 0 Å². The fourth-order valence-corrected chi connectivity index (χ4v) is 4.22. The number of hydrogen-bond donors (Lipinski definition) is 0. The number of fused-ring (bicyclic) bond motifs is 2. The molecule has 0 radical (unpaired) electrons. The van der Waals surface area contributed by atoms with E-state index in [-0.39, 0.29) is 5.91 Å². The molecule has 0 saturated carbocycles. The lowest BCUT2D eigenvalue weighted by Gasteiger charge is -2.32. The second-order valence-electron chi connectivity index (χ2n) is 5.97. The molecule has 4 rings (SSSR count). The maximum atomic E-state index is 13.0. The number of anilines is 2. The van der Waals surface area contributed by atoms with E-state index in [2.05, 4.69) is 17.0 Å². The Hall–Kier alpha value is -1.82. The third-order valence-corrected chi connectivity index (χ3v) is 5.56. The SMILES string of the molecule is O=C(CCN1CCOCC1)N1c2ccccc2Sc2ccccc21. The summed E-state index contributed by atoms with van der Waals surface area (Å²) in [5.74, 6) is 0.154. The van der Waals surface area contributed by atoms with Crippen LogP contribution < -0.4 is 4.90 Å². The summed E-state index contributed by atoms with van der Waals surface area (Å²) in [6, 6.07) is 16.3. The van der Waals surface area contributed by atoms with Gasteiger partial charge in [-0.25, -0.2) is 0 Å². The number of amides is 1. The quantitative estimate of drug-likeness (QED) is 0.856. The summed E-state index contributed by atoms with van der Waals surface area (Å²) in [5.41, 5.74) is 1.99. The van der Waals surface area contributed by atoms with Crippen LogP contribution in [0.3, 0.4) is 0 Å². The second-order valence-corrected chi connectivity index (χ2v) is 7.05. The van der Waals surface area contributed by atoms with E-state index in [1.54, 1.807) is 11.8 Å². The van der Waals surface area contributed by atoms with Crippen molar-refractivity contribution in [2.75, 3.05) is 37.7 Å². The molecule has 2 aromatic carbocycles. The van der Waals surface area contributed by atoms with Gasteiger partial charge in [-0.05, 0) is 24.3 Å². The summed E-state index contributed by atoms with van der Waals surface area (Å²) in [7, 11) is 0. The summed E-state index contributed by atoms with van der Waals surface area (Å²) in [4.78, 5) is 19.5. The molecule has 2 aromatic rings. The number of carbonyl (C=O) groups is 1. The van der Waals surface area contributed by atoms with Crippen molar-refractivity contribution in [3.8, 4) is 0 Å². The van der Waals surface area contributed by atoms with Crippen LogP contribution >= 0.6 is 11.8 Å². The summed E-state index contributed by atoms with van der Waals surface area (Å²) in [6.45, 7) is 4.14. The van der Waals surface area contributed by atoms with E-state index in [0.29, 0.717) is 6.42 Å². The molecule has 5 heteroatoms. The molecule has 2 aliphatic rings. The van der Waals surface area contributed by atoms with E-state index >= 15 is 0 Å². The highest BCUT2D eigenvalue weighted by Gasteiger charge is 2.27. The molecule has 1 amide bonds. The molecule has 0 N–H and O–H groups in total. The maximum Gasteiger partial charge on any atom is 0.232 e. The number of benzene rings is 2. The number of ether oxygens (including phenoxy) is 1. The predicted molar refractivity (Wildman–Crippen MR) is 96.0 cm³/mol. The summed E-state index contributed by atoms with van der Waals surface area (Å²) >= 11 is 1.73. The molecule has 2 aliphatic heterocycles. The number of morpholine rings is 1. The van der Waals surface area contributed by atoms with Crippen LogP contribution in [0.1, 0.15) is 6.42 Å². The molecule has 0 unspecified atom stereocenters. The number of hydrogen-bond acceptors (Lipinski definition) is 4. The van der Waals surface area contributed by atoms with Gasteiger partial charge < -0.3 is 4.74 Å². The van der Waals surface area contributed by atoms with Crippen LogP contribution in [0, 0.1) is 0 Å². The smallest absolute Gasteiger partial charge is 0.232 e. The van der Waals surface area contributed by atoms with Gasteiger partial charge in [-0.15, -0.1) is 0 Å². The number of rotatable bonds is 3. The monoisotopic (exact) mass is 340 g/mol. The highest BCUT2D eigenvalue weighted by atomic mass is 32.2. The highest BCUT2D eigenvalue weighted by Crippen LogP contribution is 2.47. The average Bonchev–Trinajstić information content (AvgIpc) is 2.65. The minimum Gasteiger partial charge on any atom is -0.379 e. The lowest BCUT2D eigenvalue weighted by atomic mass is 10.2. The summed E-state index contributed by atoms with van der Waals surface area (Å²) in [5, 5.41) is 0. The zero-order valence-corrected chi connectivity index (χ0v) is 14.3. The lowest BCUT2D eigenvalue weighted by molar-refractivity contribution is -0.118. The largest absolute Gasteiger partial charge is 0.379 e. The van der Waals surface area contributed by atoms with Crippen molar-refractivity contribution in [1.82, 2.24) is 4.90 Å². The van der Waals surface area contributed by atoms with E-state index in [4.69, 9.17) is 4.74 Å². The van der Waals surface area contributed by atoms with Crippen LogP contribution in [0.25, 0.3) is 0 Å². The fraction of sp³-hybridized carbons (Fsp3) is 0.316. The number of nitrogens with zero attached hydrogens (tertiary/aromatic N) is 2. The van der Waals surface area contributed by atoms with Crippen LogP contribution in [0.15, 0.2) is 58.3 Å². The standard InChI is InChI=1S/C19H20N2O2S/c22-19(9-10-20-11-13-23-14-12-20)21-15-5-1-3-7-17(15)24-18-8-4-2-6-16(18)21/h1-8H,9-14H2. The van der Waals surface area contributed by atoms with Gasteiger partial charge in [-0.3, -0.25) is 14.6 Å². The number of para-hydroxylation sites is 2. The fourth-order valence-electron chi connectivity index (χ4n) is 3.16. The van der Waals surface area contributed by atoms with Gasteiger partial charge in [0.2, 0.25) is 5.91 Å². The van der Waals surface area contributed by atoms with Crippen molar-refractivity contribution in [2.24, 2.45) is 0 Å². The molecule has 0 aliphatic carbocycles. The minimum atomic E-state index is 0.154. The Morgan fingerprint density at radius 3 is 2.17 bits per heavy atom. The van der Waals surface area contributed by atoms with Crippen molar-refractivity contribution in [2.45, 2.75) is 16.2 Å². The van der Waals surface area contributed by atoms with Gasteiger partial charge in [0.05, 0.1) is 24.6 Å². The van der Waals surface area contributed by atoms with E-state index in [9.17, 15) is 4.79 Å². The summed E-state index contributed by atoms with van der Waals surface area (Å²) in [6.07, 6.45) is 0.521. The second kappa shape index (κ2) is 6.97. The molecule has 0 aromatic heterocycles. The van der Waals surface area contributed by atoms with Crippen LogP contribution in [-0.4, -0.2) is 43.7 Å². The van der Waals surface area contributed by atoms with Gasteiger partial charge in [-0.2, -0.15) is 0 Å². The first-order chi connectivity index (χ1) is 11.8. The lowest BCUT2D eigenvalue weighted by Crippen LogP contribution is -2.39. The Labute approximate surface area is 146 Å². The van der Waals surface area contributed by atoms with Crippen molar-refractivity contribution in [1.29, 1.82) is 0 Å². The highest BCUT2D eigenvalue weighted by molar-refractivity contribution is 7.99. The van der Waals surface area contributed by atoms with Crippen LogP contribution in [-0.2, 0) is 9.53 Å². The molecule has 0 bridgehead atoms. The molecular weight excluding hydrogens is 320 g/mol. The molecule has 0 spiro atoms. The maximum absolute atomic E-state index is 13.0. The Bertz CT molecular complexity index is 698. The minimum absolute atomic E-state index is 0.154. The van der Waals surface area contributed by atoms with Gasteiger partial charge in [-0.1, -0.05) is 36.0 Å². The van der Waals surface area contributed by atoms with Crippen molar-refractivity contribution >= 4 is 29.0 Å². The summed E-state index contributed by atoms with van der Waals surface area (Å²) < 4.78 is 5.38. The van der Waals surface area contributed by atoms with Crippen molar-refractivity contribution in [3.63, 3.8) is 0 Å². The first kappa shape index (κ1) is 15.7. The van der Waals surface area contributed by atoms with E-state index in [1.807, 2.05) is 41.3 Å². The van der Waals surface area contributed by atoms with Crippen molar-refractivity contribution in [3.05, 3.63) is 48.5 Å². The van der Waals surface area contributed by atoms with Crippen LogP contribution in [0.2, 0.25) is 0 Å². The van der Waals surface area contributed by atoms with E-state index < -0.39 is 0 Å². The van der Waals surface area contributed by atoms with Crippen LogP contribution in [0.4, 0.5) is 11.4 Å². The van der Waals surface area contributed by atoms with Crippen molar-refractivity contribution < 1.29 is 9.53 Å². The van der Waals surface area contributed by atoms with E-state index in [0.717, 1.165) is 54.0 Å². The van der Waals surface area contributed by atoms with Gasteiger partial charge in [0.25, 0.3) is 0 Å². The zero-order valence-electron chi connectivity index (χ0n) is 13.5. The van der Waals surface area contributed by atoms with Crippen LogP contribution in [0.5, 0.6) is 0 Å². The topological polar surface area (TPSA) is 32.8 Å². The molecule has 0 atom stereocenters. The van der Waals surface area contributed by atoms with E-state index in [1.165, 1.54) is 0 Å². The molecule has 4 nitrogen and oxygen atoms in total. The third kappa shape index (κ3) is 3.07. The van der Waals surface area contributed by atoms with Gasteiger partial charge >= 0.3 is 0 Å². The third-order valence-electron chi connectivity index (χ3n) is 4.43. The molecule has 24 heavy (non-hydrogen) atoms. The first-order valence-corrected chi connectivity index (χ1v) is 9.13. The normalized spacial score (nSPS) is 17.2. The molecule has 1 fully saturated rings. The molecular formula is C19H20N2O2S. The van der Waals surface area contributed by atoms with Gasteiger partial charge in [0, 0.05) is 35.8 Å². The Balaban J connectivity index is 1.58. The zero-order chi connectivity index (χ0) is 16.4. The first-order valence-electron chi connectivity index (χ1n) is 8.32. The molecule has 124 valence electrons. The van der Waals surface area contributed by atoms with Gasteiger partial charge in [0.1, 0.15) is 0 Å². The number of carbonyl (C=O) groups excluding carboxylic acids is 1. The average molecular weight is 340 g/mol. The molecule has 2 heterocycles. The Morgan fingerprint density at radius 1 is 0.958 bits per heavy atom.